The lowest BCUT2D eigenvalue weighted by Gasteiger charge is -2.28. The molecule has 0 aromatic heterocycles. The maximum atomic E-state index is 11.4. The molecule has 0 unspecified atom stereocenters. The zero-order valence-corrected chi connectivity index (χ0v) is 13.1. The Hall–Kier alpha value is -0.0300. The Balaban J connectivity index is -0.000000980. The molecule has 0 atom stereocenters. The lowest BCUT2D eigenvalue weighted by atomic mass is 9.93. The van der Waals surface area contributed by atoms with Crippen molar-refractivity contribution in [3.05, 3.63) is 0 Å². The number of carbonyl (C=O) groups excluding carboxylic acids is 1. The van der Waals surface area contributed by atoms with E-state index in [9.17, 15) is 4.79 Å². The van der Waals surface area contributed by atoms with Crippen LogP contribution in [0.15, 0.2) is 0 Å². The van der Waals surface area contributed by atoms with Crippen LogP contribution in [0.25, 0.3) is 0 Å². The van der Waals surface area contributed by atoms with Gasteiger partial charge in [0.05, 0.1) is 0 Å². The van der Waals surface area contributed by atoms with Gasteiger partial charge in [0.25, 0.3) is 0 Å². The molecule has 0 fully saturated rings. The standard InChI is InChI=1S/C11H25N3O.2ClH/c1-11(2,9-14(4)5)8-13-10(15)6-7-12-3;;/h12H,6-9H2,1-5H3,(H,13,15);2*1H. The van der Waals surface area contributed by atoms with Crippen molar-refractivity contribution in [2.24, 2.45) is 5.41 Å². The van der Waals surface area contributed by atoms with E-state index in [4.69, 9.17) is 0 Å². The van der Waals surface area contributed by atoms with Crippen molar-refractivity contribution in [3.8, 4) is 0 Å². The Labute approximate surface area is 118 Å². The Kier molecular flexibility index (Phi) is 14.5. The number of carbonyl (C=O) groups is 1. The summed E-state index contributed by atoms with van der Waals surface area (Å²) in [6, 6.07) is 0. The van der Waals surface area contributed by atoms with Gasteiger partial charge in [-0.15, -0.1) is 24.8 Å². The third-order valence-corrected chi connectivity index (χ3v) is 2.11. The second-order valence-electron chi connectivity index (χ2n) is 5.03. The van der Waals surface area contributed by atoms with Gasteiger partial charge in [0, 0.05) is 26.1 Å². The fourth-order valence-corrected chi connectivity index (χ4v) is 1.58. The highest BCUT2D eigenvalue weighted by molar-refractivity contribution is 5.85. The van der Waals surface area contributed by atoms with Crippen molar-refractivity contribution >= 4 is 30.7 Å². The number of amides is 1. The average Bonchev–Trinajstić information content (AvgIpc) is 2.09. The molecule has 0 aliphatic rings. The molecule has 0 aromatic rings. The molecule has 0 radical (unpaired) electrons. The highest BCUT2D eigenvalue weighted by atomic mass is 35.5. The van der Waals surface area contributed by atoms with Crippen LogP contribution in [0.2, 0.25) is 0 Å². The van der Waals surface area contributed by atoms with Gasteiger partial charge in [-0.3, -0.25) is 4.79 Å². The number of nitrogens with one attached hydrogen (secondary N) is 2. The number of rotatable bonds is 7. The number of halogens is 2. The first kappa shape index (κ1) is 22.2. The van der Waals surface area contributed by atoms with E-state index in [-0.39, 0.29) is 36.1 Å². The zero-order valence-electron chi connectivity index (χ0n) is 11.5. The van der Waals surface area contributed by atoms with Crippen molar-refractivity contribution in [3.63, 3.8) is 0 Å². The van der Waals surface area contributed by atoms with Gasteiger partial charge in [-0.25, -0.2) is 0 Å². The van der Waals surface area contributed by atoms with Gasteiger partial charge in [0.15, 0.2) is 0 Å². The first-order valence-corrected chi connectivity index (χ1v) is 5.43. The molecule has 4 nitrogen and oxygen atoms in total. The van der Waals surface area contributed by atoms with E-state index in [1.807, 2.05) is 21.1 Å². The minimum atomic E-state index is 0. The summed E-state index contributed by atoms with van der Waals surface area (Å²) < 4.78 is 0. The summed E-state index contributed by atoms with van der Waals surface area (Å²) in [6.45, 7) is 6.75. The molecule has 1 amide bonds. The fourth-order valence-electron chi connectivity index (χ4n) is 1.58. The highest BCUT2D eigenvalue weighted by Gasteiger charge is 2.19. The summed E-state index contributed by atoms with van der Waals surface area (Å²) in [5.74, 6) is 0.121. The maximum Gasteiger partial charge on any atom is 0.221 e. The molecular formula is C11H27Cl2N3O. The van der Waals surface area contributed by atoms with Gasteiger partial charge in [0.1, 0.15) is 0 Å². The van der Waals surface area contributed by atoms with Gasteiger partial charge >= 0.3 is 0 Å². The first-order valence-electron chi connectivity index (χ1n) is 5.43. The van der Waals surface area contributed by atoms with Gasteiger partial charge in [0.2, 0.25) is 5.91 Å². The van der Waals surface area contributed by atoms with E-state index in [1.54, 1.807) is 0 Å². The third kappa shape index (κ3) is 13.9. The van der Waals surface area contributed by atoms with E-state index in [0.29, 0.717) is 6.42 Å². The van der Waals surface area contributed by atoms with Gasteiger partial charge in [-0.05, 0) is 26.6 Å². The van der Waals surface area contributed by atoms with Crippen molar-refractivity contribution in [1.82, 2.24) is 15.5 Å². The summed E-state index contributed by atoms with van der Waals surface area (Å²) in [5.41, 5.74) is 0.124. The summed E-state index contributed by atoms with van der Waals surface area (Å²) in [6.07, 6.45) is 0.550. The van der Waals surface area contributed by atoms with Crippen LogP contribution in [0, 0.1) is 5.41 Å². The SMILES string of the molecule is CNCCC(=O)NCC(C)(C)CN(C)C.Cl.Cl. The van der Waals surface area contributed by atoms with Gasteiger partial charge in [-0.1, -0.05) is 13.8 Å². The Morgan fingerprint density at radius 2 is 1.76 bits per heavy atom. The molecule has 0 bridgehead atoms. The third-order valence-electron chi connectivity index (χ3n) is 2.11. The maximum absolute atomic E-state index is 11.4. The van der Waals surface area contributed by atoms with Crippen LogP contribution in [0.4, 0.5) is 0 Å². The Morgan fingerprint density at radius 1 is 1.24 bits per heavy atom. The molecule has 106 valence electrons. The topological polar surface area (TPSA) is 44.4 Å². The molecule has 0 saturated carbocycles. The summed E-state index contributed by atoms with van der Waals surface area (Å²) in [5, 5.41) is 5.92. The largest absolute Gasteiger partial charge is 0.355 e. The van der Waals surface area contributed by atoms with Crippen LogP contribution in [-0.2, 0) is 4.79 Å². The van der Waals surface area contributed by atoms with Gasteiger partial charge < -0.3 is 15.5 Å². The van der Waals surface area contributed by atoms with Crippen LogP contribution in [-0.4, -0.2) is 51.6 Å². The average molecular weight is 288 g/mol. The number of hydrogen-bond acceptors (Lipinski definition) is 3. The number of nitrogens with zero attached hydrogens (tertiary/aromatic N) is 1. The molecule has 0 rings (SSSR count). The molecule has 0 aromatic carbocycles. The van der Waals surface area contributed by atoms with E-state index in [1.165, 1.54) is 0 Å². The number of hydrogen-bond donors (Lipinski definition) is 2. The van der Waals surface area contributed by atoms with Crippen LogP contribution in [0.3, 0.4) is 0 Å². The minimum Gasteiger partial charge on any atom is -0.355 e. The van der Waals surface area contributed by atoms with Crippen LogP contribution in [0.1, 0.15) is 20.3 Å². The van der Waals surface area contributed by atoms with E-state index in [0.717, 1.165) is 19.6 Å². The molecule has 17 heavy (non-hydrogen) atoms. The molecule has 0 spiro atoms. The molecule has 0 aliphatic heterocycles. The summed E-state index contributed by atoms with van der Waals surface area (Å²) in [4.78, 5) is 13.5. The quantitative estimate of drug-likeness (QED) is 0.738. The smallest absolute Gasteiger partial charge is 0.221 e. The lowest BCUT2D eigenvalue weighted by molar-refractivity contribution is -0.121. The second kappa shape index (κ2) is 11.1. The monoisotopic (exact) mass is 287 g/mol. The molecule has 0 saturated heterocycles. The second-order valence-corrected chi connectivity index (χ2v) is 5.03. The Bertz CT molecular complexity index is 199. The normalized spacial score (nSPS) is 10.5. The van der Waals surface area contributed by atoms with Crippen molar-refractivity contribution in [2.45, 2.75) is 20.3 Å². The Morgan fingerprint density at radius 3 is 2.18 bits per heavy atom. The molecular weight excluding hydrogens is 261 g/mol. The predicted molar refractivity (Wildman–Crippen MR) is 78.4 cm³/mol. The van der Waals surface area contributed by atoms with Crippen molar-refractivity contribution in [2.75, 3.05) is 40.8 Å². The van der Waals surface area contributed by atoms with Crippen molar-refractivity contribution in [1.29, 1.82) is 0 Å². The van der Waals surface area contributed by atoms with Crippen molar-refractivity contribution < 1.29 is 4.79 Å². The fraction of sp³-hybridized carbons (Fsp3) is 0.909. The summed E-state index contributed by atoms with van der Waals surface area (Å²) in [7, 11) is 5.94. The molecule has 0 heterocycles. The van der Waals surface area contributed by atoms with E-state index < -0.39 is 0 Å². The zero-order chi connectivity index (χ0) is 11.9. The molecule has 0 aliphatic carbocycles. The van der Waals surface area contributed by atoms with E-state index >= 15 is 0 Å². The van der Waals surface area contributed by atoms with E-state index in [2.05, 4.69) is 29.4 Å². The van der Waals surface area contributed by atoms with Crippen LogP contribution < -0.4 is 10.6 Å². The van der Waals surface area contributed by atoms with Crippen LogP contribution >= 0.6 is 24.8 Å². The predicted octanol–water partition coefficient (Wildman–Crippen LogP) is 1.14. The van der Waals surface area contributed by atoms with Gasteiger partial charge in [-0.2, -0.15) is 0 Å². The summed E-state index contributed by atoms with van der Waals surface area (Å²) >= 11 is 0. The first-order chi connectivity index (χ1) is 6.87. The highest BCUT2D eigenvalue weighted by Crippen LogP contribution is 2.13. The lowest BCUT2D eigenvalue weighted by Crippen LogP contribution is -2.40. The molecule has 6 heteroatoms. The van der Waals surface area contributed by atoms with Crippen LogP contribution in [0.5, 0.6) is 0 Å². The molecule has 2 N–H and O–H groups in total. The minimum absolute atomic E-state index is 0.